The van der Waals surface area contributed by atoms with Crippen LogP contribution in [0.5, 0.6) is 0 Å². The average Bonchev–Trinajstić information content (AvgIpc) is 3.11. The number of nitrogens with one attached hydrogen (secondary N) is 1. The first kappa shape index (κ1) is 15.2. The van der Waals surface area contributed by atoms with Gasteiger partial charge in [-0.25, -0.2) is 4.98 Å². The molecule has 2 aliphatic rings. The molecule has 2 fully saturated rings. The van der Waals surface area contributed by atoms with Gasteiger partial charge in [-0.05, 0) is 56.0 Å². The summed E-state index contributed by atoms with van der Waals surface area (Å²) < 4.78 is 1.33. The minimum Gasteiger partial charge on any atom is -0.316 e. The monoisotopic (exact) mass is 323 g/mol. The van der Waals surface area contributed by atoms with Crippen molar-refractivity contribution in [1.82, 2.24) is 15.2 Å². The summed E-state index contributed by atoms with van der Waals surface area (Å²) in [4.78, 5) is 7.17. The molecule has 2 aliphatic heterocycles. The van der Waals surface area contributed by atoms with Crippen molar-refractivity contribution in [1.29, 1.82) is 0 Å². The van der Waals surface area contributed by atoms with Crippen LogP contribution >= 0.6 is 23.7 Å². The van der Waals surface area contributed by atoms with Crippen LogP contribution in [-0.2, 0) is 6.54 Å². The number of aromatic nitrogens is 1. The minimum atomic E-state index is 0. The summed E-state index contributed by atoms with van der Waals surface area (Å²) in [5.41, 5.74) is 3.16. The third kappa shape index (κ3) is 2.95. The average molecular weight is 324 g/mol. The van der Waals surface area contributed by atoms with Gasteiger partial charge >= 0.3 is 0 Å². The summed E-state index contributed by atoms with van der Waals surface area (Å²) in [6.45, 7) is 8.12. The van der Waals surface area contributed by atoms with E-state index >= 15 is 0 Å². The Hall–Kier alpha value is -0.680. The zero-order valence-electron chi connectivity index (χ0n) is 12.4. The number of fused-ring (bicyclic) bond motifs is 1. The van der Waals surface area contributed by atoms with Gasteiger partial charge in [0, 0.05) is 19.6 Å². The fourth-order valence-electron chi connectivity index (χ4n) is 3.75. The second-order valence-electron chi connectivity index (χ2n) is 6.42. The van der Waals surface area contributed by atoms with Gasteiger partial charge in [0.2, 0.25) is 0 Å². The standard InChI is InChI=1S/C16H21N3S.ClH/c1-12-18-14-3-2-13(8-15(14)20-12)9-19-7-5-16(11-19)4-6-17-10-16;/h2-3,8,17H,4-7,9-11H2,1H3;1H. The second-order valence-corrected chi connectivity index (χ2v) is 7.66. The topological polar surface area (TPSA) is 28.2 Å². The first-order chi connectivity index (χ1) is 9.72. The van der Waals surface area contributed by atoms with Gasteiger partial charge in [0.1, 0.15) is 0 Å². The molecule has 2 aromatic rings. The Labute approximate surface area is 136 Å². The van der Waals surface area contributed by atoms with Crippen LogP contribution in [0.15, 0.2) is 18.2 Å². The molecule has 21 heavy (non-hydrogen) atoms. The van der Waals surface area contributed by atoms with E-state index in [9.17, 15) is 0 Å². The number of hydrogen-bond acceptors (Lipinski definition) is 4. The summed E-state index contributed by atoms with van der Waals surface area (Å²) in [5.74, 6) is 0. The van der Waals surface area contributed by atoms with Crippen LogP contribution in [0.3, 0.4) is 0 Å². The number of thiazole rings is 1. The molecule has 5 heteroatoms. The van der Waals surface area contributed by atoms with Crippen molar-refractivity contribution in [3.8, 4) is 0 Å². The summed E-state index contributed by atoms with van der Waals surface area (Å²) >= 11 is 1.80. The van der Waals surface area contributed by atoms with E-state index in [0.29, 0.717) is 5.41 Å². The van der Waals surface area contributed by atoms with Crippen molar-refractivity contribution in [2.75, 3.05) is 26.2 Å². The normalized spacial score (nSPS) is 25.8. The fraction of sp³-hybridized carbons (Fsp3) is 0.562. The summed E-state index contributed by atoms with van der Waals surface area (Å²) in [6, 6.07) is 6.76. The number of benzene rings is 1. The third-order valence-corrected chi connectivity index (χ3v) is 5.75. The molecule has 0 amide bonds. The molecule has 0 aliphatic carbocycles. The Bertz CT molecular complexity index is 633. The van der Waals surface area contributed by atoms with E-state index < -0.39 is 0 Å². The van der Waals surface area contributed by atoms with Crippen molar-refractivity contribution >= 4 is 34.0 Å². The Balaban J connectivity index is 0.00000132. The van der Waals surface area contributed by atoms with Gasteiger partial charge in [0.15, 0.2) is 0 Å². The molecule has 2 saturated heterocycles. The summed E-state index contributed by atoms with van der Waals surface area (Å²) in [7, 11) is 0. The lowest BCUT2D eigenvalue weighted by Gasteiger charge is -2.22. The number of halogens is 1. The predicted molar refractivity (Wildman–Crippen MR) is 91.4 cm³/mol. The van der Waals surface area contributed by atoms with Crippen LogP contribution in [0.4, 0.5) is 0 Å². The van der Waals surface area contributed by atoms with Gasteiger partial charge in [-0.2, -0.15) is 0 Å². The Morgan fingerprint density at radius 2 is 2.29 bits per heavy atom. The molecule has 1 unspecified atom stereocenters. The molecule has 0 saturated carbocycles. The van der Waals surface area contributed by atoms with Gasteiger partial charge in [-0.1, -0.05) is 6.07 Å². The highest BCUT2D eigenvalue weighted by Crippen LogP contribution is 2.36. The summed E-state index contributed by atoms with van der Waals surface area (Å²) in [5, 5.41) is 4.69. The van der Waals surface area contributed by atoms with Crippen molar-refractivity contribution in [2.24, 2.45) is 5.41 Å². The number of nitrogens with zero attached hydrogens (tertiary/aromatic N) is 2. The molecular formula is C16H22ClN3S. The number of aryl methyl sites for hydroxylation is 1. The van der Waals surface area contributed by atoms with Crippen LogP contribution in [0.1, 0.15) is 23.4 Å². The number of likely N-dealkylation sites (tertiary alicyclic amines) is 1. The molecule has 3 nitrogen and oxygen atoms in total. The SMILES string of the molecule is Cc1nc2ccc(CN3CCC4(CCNC4)C3)cc2s1.Cl. The van der Waals surface area contributed by atoms with Crippen LogP contribution in [0.25, 0.3) is 10.2 Å². The van der Waals surface area contributed by atoms with E-state index in [2.05, 4.69) is 40.3 Å². The van der Waals surface area contributed by atoms with Gasteiger partial charge < -0.3 is 5.32 Å². The molecule has 1 aromatic carbocycles. The maximum atomic E-state index is 4.54. The minimum absolute atomic E-state index is 0. The van der Waals surface area contributed by atoms with Crippen molar-refractivity contribution < 1.29 is 0 Å². The van der Waals surface area contributed by atoms with Crippen molar-refractivity contribution in [3.05, 3.63) is 28.8 Å². The largest absolute Gasteiger partial charge is 0.316 e. The Morgan fingerprint density at radius 1 is 1.38 bits per heavy atom. The molecule has 3 heterocycles. The zero-order chi connectivity index (χ0) is 13.6. The molecular weight excluding hydrogens is 302 g/mol. The van der Waals surface area contributed by atoms with Crippen LogP contribution in [0.2, 0.25) is 0 Å². The molecule has 1 aromatic heterocycles. The van der Waals surface area contributed by atoms with Gasteiger partial charge in [0.05, 0.1) is 15.2 Å². The van der Waals surface area contributed by atoms with E-state index in [-0.39, 0.29) is 12.4 Å². The third-order valence-electron chi connectivity index (χ3n) is 4.82. The number of rotatable bonds is 2. The molecule has 1 N–H and O–H groups in total. The predicted octanol–water partition coefficient (Wildman–Crippen LogP) is 3.21. The maximum Gasteiger partial charge on any atom is 0.0907 e. The molecule has 1 spiro atoms. The van der Waals surface area contributed by atoms with Gasteiger partial charge in [0.25, 0.3) is 0 Å². The van der Waals surface area contributed by atoms with Crippen molar-refractivity contribution in [2.45, 2.75) is 26.3 Å². The first-order valence-corrected chi connectivity index (χ1v) is 8.33. The van der Waals surface area contributed by atoms with Crippen LogP contribution in [0, 0.1) is 12.3 Å². The second kappa shape index (κ2) is 5.84. The van der Waals surface area contributed by atoms with Crippen LogP contribution in [-0.4, -0.2) is 36.1 Å². The van der Waals surface area contributed by atoms with E-state index in [4.69, 9.17) is 0 Å². The fourth-order valence-corrected chi connectivity index (χ4v) is 4.64. The lowest BCUT2D eigenvalue weighted by atomic mass is 9.86. The highest BCUT2D eigenvalue weighted by Gasteiger charge is 2.39. The van der Waals surface area contributed by atoms with E-state index in [1.54, 1.807) is 11.3 Å². The van der Waals surface area contributed by atoms with E-state index in [1.807, 2.05) is 0 Å². The van der Waals surface area contributed by atoms with E-state index in [1.165, 1.54) is 49.3 Å². The van der Waals surface area contributed by atoms with Gasteiger partial charge in [-0.15, -0.1) is 23.7 Å². The molecule has 0 radical (unpaired) electrons. The Morgan fingerprint density at radius 3 is 3.10 bits per heavy atom. The summed E-state index contributed by atoms with van der Waals surface area (Å²) in [6.07, 6.45) is 2.72. The smallest absolute Gasteiger partial charge is 0.0907 e. The maximum absolute atomic E-state index is 4.54. The number of hydrogen-bond donors (Lipinski definition) is 1. The van der Waals surface area contributed by atoms with Gasteiger partial charge in [-0.3, -0.25) is 4.90 Å². The zero-order valence-corrected chi connectivity index (χ0v) is 14.0. The quantitative estimate of drug-likeness (QED) is 0.920. The molecule has 0 bridgehead atoms. The Kier molecular flexibility index (Phi) is 4.23. The first-order valence-electron chi connectivity index (χ1n) is 7.52. The molecule has 1 atom stereocenters. The highest BCUT2D eigenvalue weighted by molar-refractivity contribution is 7.18. The lowest BCUT2D eigenvalue weighted by molar-refractivity contribution is 0.269. The lowest BCUT2D eigenvalue weighted by Crippen LogP contribution is -2.28. The molecule has 4 rings (SSSR count). The molecule has 114 valence electrons. The van der Waals surface area contributed by atoms with E-state index in [0.717, 1.165) is 17.1 Å². The van der Waals surface area contributed by atoms with Crippen LogP contribution < -0.4 is 5.32 Å². The highest BCUT2D eigenvalue weighted by atomic mass is 35.5. The van der Waals surface area contributed by atoms with Crippen molar-refractivity contribution in [3.63, 3.8) is 0 Å².